The summed E-state index contributed by atoms with van der Waals surface area (Å²) in [5.74, 6) is -2.19. The predicted octanol–water partition coefficient (Wildman–Crippen LogP) is 2.77. The maximum absolute atomic E-state index is 12.5. The van der Waals surface area contributed by atoms with E-state index < -0.39 is 17.3 Å². The topological polar surface area (TPSA) is 57.6 Å². The molecule has 110 valence electrons. The molecule has 1 atom stereocenters. The maximum atomic E-state index is 12.5. The molecule has 4 heteroatoms. The van der Waals surface area contributed by atoms with Crippen molar-refractivity contribution < 1.29 is 14.7 Å². The van der Waals surface area contributed by atoms with Gasteiger partial charge in [-0.15, -0.1) is 0 Å². The van der Waals surface area contributed by atoms with E-state index in [2.05, 4.69) is 13.8 Å². The average Bonchev–Trinajstić information content (AvgIpc) is 2.36. The largest absolute Gasteiger partial charge is 0.481 e. The van der Waals surface area contributed by atoms with Crippen LogP contribution in [0.1, 0.15) is 53.9 Å². The van der Waals surface area contributed by atoms with Crippen molar-refractivity contribution in [1.82, 2.24) is 4.90 Å². The smallest absolute Gasteiger partial charge is 0.316 e. The molecule has 19 heavy (non-hydrogen) atoms. The Morgan fingerprint density at radius 3 is 2.21 bits per heavy atom. The number of carbonyl (C=O) groups excluding carboxylic acids is 1. The fourth-order valence-electron chi connectivity index (χ4n) is 2.67. The van der Waals surface area contributed by atoms with E-state index in [9.17, 15) is 14.7 Å². The second-order valence-electron chi connectivity index (χ2n) is 7.48. The molecule has 1 heterocycles. The van der Waals surface area contributed by atoms with E-state index in [1.165, 1.54) is 0 Å². The lowest BCUT2D eigenvalue weighted by molar-refractivity contribution is -0.156. The Kier molecular flexibility index (Phi) is 4.64. The molecule has 0 aliphatic carbocycles. The summed E-state index contributed by atoms with van der Waals surface area (Å²) in [5, 5.41) is 9.34. The number of aliphatic carboxylic acids is 1. The molecule has 1 rings (SSSR count). The lowest BCUT2D eigenvalue weighted by atomic mass is 9.79. The minimum Gasteiger partial charge on any atom is -0.481 e. The lowest BCUT2D eigenvalue weighted by Crippen LogP contribution is -2.45. The van der Waals surface area contributed by atoms with E-state index in [0.717, 1.165) is 19.3 Å². The summed E-state index contributed by atoms with van der Waals surface area (Å²) in [6, 6.07) is 0. The SMILES string of the molecule is CC1(C)CCCN(C(=O)C(C(=O)O)C(C)(C)C)CC1. The molecule has 1 fully saturated rings. The van der Waals surface area contributed by atoms with Gasteiger partial charge in [0.2, 0.25) is 5.91 Å². The number of likely N-dealkylation sites (tertiary alicyclic amines) is 1. The van der Waals surface area contributed by atoms with E-state index in [0.29, 0.717) is 13.1 Å². The minimum absolute atomic E-state index is 0.224. The Balaban J connectivity index is 2.84. The molecule has 4 nitrogen and oxygen atoms in total. The quantitative estimate of drug-likeness (QED) is 0.784. The van der Waals surface area contributed by atoms with Gasteiger partial charge in [-0.25, -0.2) is 0 Å². The lowest BCUT2D eigenvalue weighted by Gasteiger charge is -2.31. The van der Waals surface area contributed by atoms with Crippen LogP contribution in [0.15, 0.2) is 0 Å². The van der Waals surface area contributed by atoms with Gasteiger partial charge in [0.1, 0.15) is 5.92 Å². The highest BCUT2D eigenvalue weighted by Gasteiger charge is 2.40. The Morgan fingerprint density at radius 1 is 1.16 bits per heavy atom. The summed E-state index contributed by atoms with van der Waals surface area (Å²) in [6.07, 6.45) is 2.98. The van der Waals surface area contributed by atoms with Gasteiger partial charge in [-0.05, 0) is 30.1 Å². The van der Waals surface area contributed by atoms with Crippen LogP contribution >= 0.6 is 0 Å². The number of hydrogen-bond acceptors (Lipinski definition) is 2. The van der Waals surface area contributed by atoms with Crippen molar-refractivity contribution in [3.05, 3.63) is 0 Å². The Morgan fingerprint density at radius 2 is 1.74 bits per heavy atom. The molecule has 1 N–H and O–H groups in total. The molecule has 0 aromatic heterocycles. The maximum Gasteiger partial charge on any atom is 0.316 e. The van der Waals surface area contributed by atoms with Crippen LogP contribution in [0.3, 0.4) is 0 Å². The van der Waals surface area contributed by atoms with Gasteiger partial charge >= 0.3 is 5.97 Å². The Bertz CT molecular complexity index is 355. The number of carboxylic acid groups (broad SMARTS) is 1. The van der Waals surface area contributed by atoms with E-state index in [4.69, 9.17) is 0 Å². The fraction of sp³-hybridized carbons (Fsp3) is 0.867. The molecular weight excluding hydrogens is 242 g/mol. The van der Waals surface area contributed by atoms with Crippen molar-refractivity contribution in [3.8, 4) is 0 Å². The monoisotopic (exact) mass is 269 g/mol. The molecule has 1 aliphatic rings. The van der Waals surface area contributed by atoms with E-state index >= 15 is 0 Å². The number of carboxylic acids is 1. The zero-order valence-electron chi connectivity index (χ0n) is 12.8. The third-order valence-corrected chi connectivity index (χ3v) is 4.01. The number of rotatable bonds is 2. The summed E-state index contributed by atoms with van der Waals surface area (Å²) >= 11 is 0. The second-order valence-corrected chi connectivity index (χ2v) is 7.48. The minimum atomic E-state index is -1.01. The normalized spacial score (nSPS) is 21.6. The van der Waals surface area contributed by atoms with Crippen molar-refractivity contribution in [2.45, 2.75) is 53.9 Å². The van der Waals surface area contributed by atoms with Gasteiger partial charge in [-0.3, -0.25) is 9.59 Å². The van der Waals surface area contributed by atoms with E-state index in [1.807, 2.05) is 20.8 Å². The predicted molar refractivity (Wildman–Crippen MR) is 74.8 cm³/mol. The molecule has 0 spiro atoms. The average molecular weight is 269 g/mol. The molecule has 1 aliphatic heterocycles. The second kappa shape index (κ2) is 5.51. The summed E-state index contributed by atoms with van der Waals surface area (Å²) in [4.78, 5) is 25.6. The molecule has 1 saturated heterocycles. The van der Waals surface area contributed by atoms with Gasteiger partial charge in [0.25, 0.3) is 0 Å². The van der Waals surface area contributed by atoms with Gasteiger partial charge in [0.15, 0.2) is 0 Å². The first-order valence-corrected chi connectivity index (χ1v) is 7.06. The molecule has 0 aromatic rings. The molecule has 1 unspecified atom stereocenters. The summed E-state index contributed by atoms with van der Waals surface area (Å²) in [6.45, 7) is 11.2. The molecule has 0 saturated carbocycles. The van der Waals surface area contributed by atoms with Crippen LogP contribution in [0, 0.1) is 16.7 Å². The first kappa shape index (κ1) is 16.0. The van der Waals surface area contributed by atoms with Gasteiger partial charge in [-0.2, -0.15) is 0 Å². The van der Waals surface area contributed by atoms with Crippen LogP contribution < -0.4 is 0 Å². The number of carbonyl (C=O) groups is 2. The highest BCUT2D eigenvalue weighted by atomic mass is 16.4. The van der Waals surface area contributed by atoms with Crippen LogP contribution in [0.4, 0.5) is 0 Å². The van der Waals surface area contributed by atoms with Gasteiger partial charge in [0, 0.05) is 13.1 Å². The first-order chi connectivity index (χ1) is 8.54. The zero-order valence-corrected chi connectivity index (χ0v) is 12.8. The Labute approximate surface area is 116 Å². The van der Waals surface area contributed by atoms with E-state index in [1.54, 1.807) is 4.90 Å². The van der Waals surface area contributed by atoms with Crippen LogP contribution in [-0.4, -0.2) is 35.0 Å². The highest BCUT2D eigenvalue weighted by molar-refractivity contribution is 5.97. The zero-order chi connectivity index (χ0) is 14.8. The van der Waals surface area contributed by atoms with Crippen molar-refractivity contribution in [1.29, 1.82) is 0 Å². The van der Waals surface area contributed by atoms with Crippen LogP contribution in [0.2, 0.25) is 0 Å². The summed E-state index contributed by atoms with van der Waals surface area (Å²) < 4.78 is 0. The molecule has 0 bridgehead atoms. The number of nitrogens with zero attached hydrogens (tertiary/aromatic N) is 1. The third-order valence-electron chi connectivity index (χ3n) is 4.01. The Hall–Kier alpha value is -1.06. The number of amides is 1. The number of hydrogen-bond donors (Lipinski definition) is 1. The van der Waals surface area contributed by atoms with Crippen molar-refractivity contribution in [2.24, 2.45) is 16.7 Å². The standard InChI is InChI=1S/C15H27NO3/c1-14(2,3)11(13(18)19)12(17)16-9-6-7-15(4,5)8-10-16/h11H,6-10H2,1-5H3,(H,18,19). The fourth-order valence-corrected chi connectivity index (χ4v) is 2.67. The highest BCUT2D eigenvalue weighted by Crippen LogP contribution is 2.32. The van der Waals surface area contributed by atoms with Gasteiger partial charge in [-0.1, -0.05) is 34.6 Å². The van der Waals surface area contributed by atoms with Gasteiger partial charge < -0.3 is 10.0 Å². The molecule has 0 aromatic carbocycles. The third kappa shape index (κ3) is 4.22. The van der Waals surface area contributed by atoms with E-state index in [-0.39, 0.29) is 11.3 Å². The van der Waals surface area contributed by atoms with Crippen molar-refractivity contribution >= 4 is 11.9 Å². The van der Waals surface area contributed by atoms with Crippen molar-refractivity contribution in [3.63, 3.8) is 0 Å². The summed E-state index contributed by atoms with van der Waals surface area (Å²) in [7, 11) is 0. The molecule has 1 amide bonds. The van der Waals surface area contributed by atoms with Crippen molar-refractivity contribution in [2.75, 3.05) is 13.1 Å². The molecule has 0 radical (unpaired) electrons. The van der Waals surface area contributed by atoms with Crippen LogP contribution in [-0.2, 0) is 9.59 Å². The molecular formula is C15H27NO3. The summed E-state index contributed by atoms with van der Waals surface area (Å²) in [5.41, 5.74) is -0.305. The van der Waals surface area contributed by atoms with Crippen LogP contribution in [0.5, 0.6) is 0 Å². The van der Waals surface area contributed by atoms with Gasteiger partial charge in [0.05, 0.1) is 0 Å². The van der Waals surface area contributed by atoms with Crippen LogP contribution in [0.25, 0.3) is 0 Å². The first-order valence-electron chi connectivity index (χ1n) is 7.06.